The Balaban J connectivity index is 2.80. The maximum absolute atomic E-state index is 12.6. The monoisotopic (exact) mass is 285 g/mol. The topological polar surface area (TPSA) is 95.2 Å². The van der Waals surface area contributed by atoms with Gasteiger partial charge in [0.2, 0.25) is 5.95 Å². The second-order valence-corrected chi connectivity index (χ2v) is 3.15. The molecule has 0 radical (unpaired) electrons. The van der Waals surface area contributed by atoms with Gasteiger partial charge in [-0.05, 0) is 6.92 Å². The second-order valence-electron chi connectivity index (χ2n) is 3.15. The van der Waals surface area contributed by atoms with Crippen molar-refractivity contribution in [1.82, 2.24) is 15.0 Å². The molecule has 19 heavy (non-hydrogen) atoms. The van der Waals surface area contributed by atoms with Gasteiger partial charge >= 0.3 is 24.4 Å². The molecule has 0 unspecified atom stereocenters. The van der Waals surface area contributed by atoms with Crippen molar-refractivity contribution in [3.63, 3.8) is 0 Å². The molecule has 1 heterocycles. The average molecular weight is 285 g/mol. The lowest BCUT2D eigenvalue weighted by molar-refractivity contribution is -0.149. The lowest BCUT2D eigenvalue weighted by Crippen LogP contribution is -2.34. The molecule has 0 spiro atoms. The molecule has 0 bridgehead atoms. The second kappa shape index (κ2) is 6.31. The van der Waals surface area contributed by atoms with Crippen LogP contribution in [0.1, 0.15) is 6.92 Å². The Bertz CT molecular complexity index is 420. The maximum atomic E-state index is 12.6. The van der Waals surface area contributed by atoms with E-state index < -0.39 is 25.0 Å². The smallest absolute Gasteiger partial charge is 0.340 e. The third kappa shape index (κ3) is 4.35. The maximum Gasteiger partial charge on any atom is 0.340 e. The number of ether oxygens (including phenoxy) is 2. The van der Waals surface area contributed by atoms with Crippen LogP contribution in [-0.2, 0) is 0 Å². The highest BCUT2D eigenvalue weighted by Gasteiger charge is 2.42. The quantitative estimate of drug-likeness (QED) is 0.435. The van der Waals surface area contributed by atoms with Crippen molar-refractivity contribution in [2.24, 2.45) is 5.84 Å². The first-order chi connectivity index (χ1) is 8.89. The Hall–Kier alpha value is -1.91. The molecule has 0 aliphatic heterocycles. The number of anilines is 1. The predicted octanol–water partition coefficient (Wildman–Crippen LogP) is 0.835. The Morgan fingerprint density at radius 2 is 1.79 bits per heavy atom. The van der Waals surface area contributed by atoms with E-state index in [1.807, 2.05) is 5.43 Å². The molecule has 0 aliphatic carbocycles. The summed E-state index contributed by atoms with van der Waals surface area (Å²) in [6.07, 6.45) is -3.85. The third-order valence-corrected chi connectivity index (χ3v) is 1.71. The molecule has 1 aromatic rings. The molecular formula is C8H11F4N5O2. The van der Waals surface area contributed by atoms with Crippen molar-refractivity contribution in [3.8, 4) is 12.0 Å². The number of rotatable bonds is 7. The molecule has 1 aromatic heterocycles. The van der Waals surface area contributed by atoms with Crippen LogP contribution in [0.15, 0.2) is 0 Å². The molecule has 0 fully saturated rings. The van der Waals surface area contributed by atoms with Gasteiger partial charge in [-0.25, -0.2) is 14.6 Å². The van der Waals surface area contributed by atoms with E-state index in [2.05, 4.69) is 19.7 Å². The summed E-state index contributed by atoms with van der Waals surface area (Å²) in [5, 5.41) is 0. The number of nitrogen functional groups attached to an aromatic ring is 1. The molecule has 7 nitrogen and oxygen atoms in total. The largest absolute Gasteiger partial charge is 0.464 e. The van der Waals surface area contributed by atoms with Crippen molar-refractivity contribution < 1.29 is 27.0 Å². The van der Waals surface area contributed by atoms with Crippen LogP contribution in [-0.4, -0.2) is 40.5 Å². The van der Waals surface area contributed by atoms with E-state index in [4.69, 9.17) is 10.6 Å². The van der Waals surface area contributed by atoms with Gasteiger partial charge in [-0.3, -0.25) is 5.43 Å². The molecule has 0 aromatic carbocycles. The van der Waals surface area contributed by atoms with E-state index in [-0.39, 0.29) is 18.6 Å². The van der Waals surface area contributed by atoms with E-state index in [0.717, 1.165) is 0 Å². The Morgan fingerprint density at radius 1 is 1.21 bits per heavy atom. The van der Waals surface area contributed by atoms with Gasteiger partial charge in [0.05, 0.1) is 6.61 Å². The number of aromatic nitrogens is 3. The summed E-state index contributed by atoms with van der Waals surface area (Å²) >= 11 is 0. The fourth-order valence-corrected chi connectivity index (χ4v) is 0.885. The number of nitrogens with two attached hydrogens (primary N) is 1. The number of hydrogen-bond acceptors (Lipinski definition) is 7. The molecule has 0 saturated carbocycles. The number of hydrogen-bond donors (Lipinski definition) is 2. The molecular weight excluding hydrogens is 274 g/mol. The predicted molar refractivity (Wildman–Crippen MR) is 55.3 cm³/mol. The van der Waals surface area contributed by atoms with Crippen LogP contribution in [0.4, 0.5) is 23.5 Å². The first-order valence-corrected chi connectivity index (χ1v) is 5.03. The number of nitrogens with one attached hydrogen (secondary N) is 1. The first kappa shape index (κ1) is 15.1. The molecule has 1 rings (SSSR count). The summed E-state index contributed by atoms with van der Waals surface area (Å²) in [6, 6.07) is -0.840. The fourth-order valence-electron chi connectivity index (χ4n) is 0.885. The molecule has 0 aliphatic rings. The minimum Gasteiger partial charge on any atom is -0.464 e. The van der Waals surface area contributed by atoms with Gasteiger partial charge in [0.15, 0.2) is 6.61 Å². The van der Waals surface area contributed by atoms with Crippen LogP contribution < -0.4 is 20.7 Å². The van der Waals surface area contributed by atoms with Gasteiger partial charge in [-0.15, -0.1) is 4.98 Å². The molecule has 11 heteroatoms. The lowest BCUT2D eigenvalue weighted by atomic mass is 10.4. The van der Waals surface area contributed by atoms with E-state index in [9.17, 15) is 17.6 Å². The summed E-state index contributed by atoms with van der Waals surface area (Å²) in [6.45, 7) is 0.246. The van der Waals surface area contributed by atoms with Gasteiger partial charge in [-0.1, -0.05) is 0 Å². The summed E-state index contributed by atoms with van der Waals surface area (Å²) in [4.78, 5) is 10.6. The Morgan fingerprint density at radius 3 is 2.26 bits per heavy atom. The van der Waals surface area contributed by atoms with E-state index >= 15 is 0 Å². The van der Waals surface area contributed by atoms with Crippen molar-refractivity contribution in [3.05, 3.63) is 0 Å². The lowest BCUT2D eigenvalue weighted by Gasteiger charge is -2.15. The molecule has 3 N–H and O–H groups in total. The summed E-state index contributed by atoms with van der Waals surface area (Å²) < 4.78 is 58.4. The Labute approximate surface area is 105 Å². The Kier molecular flexibility index (Phi) is 5.03. The SMILES string of the molecule is CCOc1nc(NN)nc(OCC(F)(F)C(F)F)n1. The van der Waals surface area contributed by atoms with Crippen molar-refractivity contribution >= 4 is 5.95 Å². The average Bonchev–Trinajstić information content (AvgIpc) is 2.36. The normalized spacial score (nSPS) is 11.5. The number of alkyl halides is 4. The number of hydrazine groups is 1. The van der Waals surface area contributed by atoms with Crippen LogP contribution >= 0.6 is 0 Å². The fraction of sp³-hybridized carbons (Fsp3) is 0.625. The summed E-state index contributed by atoms with van der Waals surface area (Å²) in [7, 11) is 0. The summed E-state index contributed by atoms with van der Waals surface area (Å²) in [5.74, 6) is 0.507. The van der Waals surface area contributed by atoms with Crippen LogP contribution in [0.3, 0.4) is 0 Å². The van der Waals surface area contributed by atoms with Gasteiger partial charge in [0, 0.05) is 0 Å². The van der Waals surface area contributed by atoms with Crippen molar-refractivity contribution in [2.45, 2.75) is 19.3 Å². The zero-order valence-corrected chi connectivity index (χ0v) is 9.74. The zero-order valence-electron chi connectivity index (χ0n) is 9.74. The highest BCUT2D eigenvalue weighted by Crippen LogP contribution is 2.23. The number of nitrogens with zero attached hydrogens (tertiary/aromatic N) is 3. The van der Waals surface area contributed by atoms with Crippen LogP contribution in [0.2, 0.25) is 0 Å². The van der Waals surface area contributed by atoms with Crippen molar-refractivity contribution in [1.29, 1.82) is 0 Å². The van der Waals surface area contributed by atoms with E-state index in [1.165, 1.54) is 0 Å². The van der Waals surface area contributed by atoms with Crippen LogP contribution in [0.5, 0.6) is 12.0 Å². The van der Waals surface area contributed by atoms with Crippen LogP contribution in [0, 0.1) is 0 Å². The van der Waals surface area contributed by atoms with Gasteiger partial charge < -0.3 is 9.47 Å². The summed E-state index contributed by atoms with van der Waals surface area (Å²) in [5.41, 5.74) is 2.03. The number of halogens is 4. The highest BCUT2D eigenvalue weighted by molar-refractivity contribution is 5.25. The minimum atomic E-state index is -4.31. The van der Waals surface area contributed by atoms with Gasteiger partial charge in [0.25, 0.3) is 0 Å². The standard InChI is InChI=1S/C8H11F4N5O2/c1-2-18-6-14-5(17-13)15-7(16-6)19-3-8(11,12)4(9)10/h4H,2-3,13H2,1H3,(H,14,15,16,17). The minimum absolute atomic E-state index is 0.195. The van der Waals surface area contributed by atoms with E-state index in [1.54, 1.807) is 6.92 Å². The van der Waals surface area contributed by atoms with Gasteiger partial charge in [-0.2, -0.15) is 18.7 Å². The molecule has 0 amide bonds. The molecule has 108 valence electrons. The van der Waals surface area contributed by atoms with Crippen LogP contribution in [0.25, 0.3) is 0 Å². The van der Waals surface area contributed by atoms with Gasteiger partial charge in [0.1, 0.15) is 0 Å². The van der Waals surface area contributed by atoms with E-state index in [0.29, 0.717) is 0 Å². The van der Waals surface area contributed by atoms with Crippen molar-refractivity contribution in [2.75, 3.05) is 18.6 Å². The first-order valence-electron chi connectivity index (χ1n) is 5.03. The molecule has 0 saturated heterocycles. The molecule has 0 atom stereocenters. The zero-order chi connectivity index (χ0) is 14.5. The third-order valence-electron chi connectivity index (χ3n) is 1.71. The highest BCUT2D eigenvalue weighted by atomic mass is 19.3.